The Labute approximate surface area is 59.3 Å². The summed E-state index contributed by atoms with van der Waals surface area (Å²) in [4.78, 5) is 4.52. The van der Waals surface area contributed by atoms with Gasteiger partial charge in [-0.25, -0.2) is 0 Å². The van der Waals surface area contributed by atoms with Gasteiger partial charge in [-0.1, -0.05) is 12.2 Å². The normalized spacial score (nSPS) is 34.2. The van der Waals surface area contributed by atoms with Crippen molar-refractivity contribution in [1.29, 1.82) is 0 Å². The van der Waals surface area contributed by atoms with E-state index in [4.69, 9.17) is 18.0 Å². The molecule has 2 unspecified atom stereocenters. The molecule has 49 valence electrons. The van der Waals surface area contributed by atoms with Gasteiger partial charge in [-0.3, -0.25) is 4.99 Å². The van der Waals surface area contributed by atoms with Gasteiger partial charge >= 0.3 is 0 Å². The summed E-state index contributed by atoms with van der Waals surface area (Å²) in [7, 11) is 0. The highest BCUT2D eigenvalue weighted by molar-refractivity contribution is 7.80. The Kier molecular flexibility index (Phi) is 1.78. The Balaban J connectivity index is 2.69. The second-order valence-electron chi connectivity index (χ2n) is 1.88. The Morgan fingerprint density at radius 2 is 2.56 bits per heavy atom. The van der Waals surface area contributed by atoms with Crippen molar-refractivity contribution in [2.75, 3.05) is 0 Å². The first-order valence-corrected chi connectivity index (χ1v) is 3.03. The van der Waals surface area contributed by atoms with Crippen molar-refractivity contribution in [1.82, 2.24) is 5.32 Å². The quantitative estimate of drug-likeness (QED) is 0.447. The smallest absolute Gasteiger partial charge is 0.0996 e. The fourth-order valence-corrected chi connectivity index (χ4v) is 0.770. The number of nitrogens with zero attached hydrogens (tertiary/aromatic N) is 1. The van der Waals surface area contributed by atoms with Crippen LogP contribution in [0.5, 0.6) is 0 Å². The summed E-state index contributed by atoms with van der Waals surface area (Å²) in [5.74, 6) is 0. The minimum Gasteiger partial charge on any atom is -0.340 e. The zero-order valence-corrected chi connectivity index (χ0v) is 5.69. The largest absolute Gasteiger partial charge is 0.340 e. The molecular weight excluding hydrogens is 134 g/mol. The second-order valence-corrected chi connectivity index (χ2v) is 2.32. The number of rotatable bonds is 0. The fourth-order valence-electron chi connectivity index (χ4n) is 0.560. The Morgan fingerprint density at radius 1 is 1.89 bits per heavy atom. The average molecular weight is 142 g/mol. The Bertz CT molecular complexity index is 154. The van der Waals surface area contributed by atoms with E-state index < -0.39 is 0 Å². The molecule has 0 aliphatic carbocycles. The molecule has 1 aliphatic rings. The predicted octanol–water partition coefficient (Wildman–Crippen LogP) is -0.525. The predicted molar refractivity (Wildman–Crippen MR) is 41.3 cm³/mol. The lowest BCUT2D eigenvalue weighted by Crippen LogP contribution is -2.48. The van der Waals surface area contributed by atoms with E-state index in [1.165, 1.54) is 6.34 Å². The molecule has 9 heavy (non-hydrogen) atoms. The average Bonchev–Trinajstić information content (AvgIpc) is 1.83. The van der Waals surface area contributed by atoms with Crippen LogP contribution in [0.15, 0.2) is 4.99 Å². The third-order valence-electron chi connectivity index (χ3n) is 1.19. The summed E-state index contributed by atoms with van der Waals surface area (Å²) >= 11 is 4.84. The molecule has 3 N–H and O–H groups in total. The molecule has 0 aromatic heterocycles. The summed E-state index contributed by atoms with van der Waals surface area (Å²) in [6, 6.07) is -0.344. The number of hydrogen-bond acceptors (Lipinski definition) is 3. The van der Waals surface area contributed by atoms with E-state index in [-0.39, 0.29) is 12.1 Å². The van der Waals surface area contributed by atoms with Crippen molar-refractivity contribution >= 4 is 23.5 Å². The first kappa shape index (κ1) is 6.64. The molecule has 4 heteroatoms. The zero-order valence-electron chi connectivity index (χ0n) is 4.87. The summed E-state index contributed by atoms with van der Waals surface area (Å²) in [6.07, 6.45) is 1.53. The van der Waals surface area contributed by atoms with Crippen LogP contribution in [0.4, 0.5) is 0 Å². The van der Waals surface area contributed by atoms with Crippen molar-refractivity contribution in [3.63, 3.8) is 0 Å². The van der Waals surface area contributed by atoms with Gasteiger partial charge in [-0.05, 0) is 6.92 Å². The highest BCUT2D eigenvalue weighted by Crippen LogP contribution is 1.98. The van der Waals surface area contributed by atoms with Gasteiger partial charge in [0.2, 0.25) is 0 Å². The van der Waals surface area contributed by atoms with Crippen LogP contribution in [-0.2, 0) is 0 Å². The third kappa shape index (κ3) is 1.25. The van der Waals surface area contributed by atoms with E-state index >= 15 is 0 Å². The Hall–Kier alpha value is -0.480. The lowest BCUT2D eigenvalue weighted by atomic mass is 10.1. The zero-order chi connectivity index (χ0) is 6.85. The number of aliphatic imine (C=N–C) groups is 1. The maximum absolute atomic E-state index is 5.54. The summed E-state index contributed by atoms with van der Waals surface area (Å²) < 4.78 is 0. The van der Waals surface area contributed by atoms with E-state index in [0.29, 0.717) is 4.99 Å². The van der Waals surface area contributed by atoms with E-state index in [0.717, 1.165) is 0 Å². The molecule has 0 saturated heterocycles. The van der Waals surface area contributed by atoms with Crippen molar-refractivity contribution < 1.29 is 0 Å². The number of nitrogens with two attached hydrogens (primary N) is 1. The van der Waals surface area contributed by atoms with Gasteiger partial charge < -0.3 is 11.1 Å². The maximum Gasteiger partial charge on any atom is 0.0996 e. The molecule has 0 amide bonds. The monoisotopic (exact) mass is 142 g/mol. The molecule has 1 radical (unpaired) electrons. The molecule has 0 spiro atoms. The van der Waals surface area contributed by atoms with Crippen LogP contribution in [0.3, 0.4) is 0 Å². The maximum atomic E-state index is 5.54. The first-order chi connectivity index (χ1) is 4.22. The SMILES string of the molecule is [CH2]C1N=CNC(=S)C1N. The third-order valence-corrected chi connectivity index (χ3v) is 1.58. The molecule has 3 nitrogen and oxygen atoms in total. The summed E-state index contributed by atoms with van der Waals surface area (Å²) in [5.41, 5.74) is 5.54. The van der Waals surface area contributed by atoms with Crippen molar-refractivity contribution in [2.24, 2.45) is 10.7 Å². The Morgan fingerprint density at radius 3 is 3.00 bits per heavy atom. The topological polar surface area (TPSA) is 50.4 Å². The minimum atomic E-state index is -0.218. The summed E-state index contributed by atoms with van der Waals surface area (Å²) in [6.45, 7) is 3.68. The fraction of sp³-hybridized carbons (Fsp3) is 0.400. The van der Waals surface area contributed by atoms with E-state index in [1.54, 1.807) is 0 Å². The van der Waals surface area contributed by atoms with Crippen LogP contribution in [0.1, 0.15) is 0 Å². The highest BCUT2D eigenvalue weighted by Gasteiger charge is 2.18. The number of thiocarbonyl (C=S) groups is 1. The van der Waals surface area contributed by atoms with Gasteiger partial charge in [0, 0.05) is 0 Å². The molecule has 0 aromatic carbocycles. The van der Waals surface area contributed by atoms with Gasteiger partial charge in [-0.15, -0.1) is 0 Å². The van der Waals surface area contributed by atoms with Gasteiger partial charge in [0.15, 0.2) is 0 Å². The molecule has 0 saturated carbocycles. The number of hydrogen-bond donors (Lipinski definition) is 2. The molecular formula is C5H8N3S. The van der Waals surface area contributed by atoms with Gasteiger partial charge in [0.05, 0.1) is 23.4 Å². The van der Waals surface area contributed by atoms with Crippen LogP contribution in [0.2, 0.25) is 0 Å². The van der Waals surface area contributed by atoms with Gasteiger partial charge in [-0.2, -0.15) is 0 Å². The van der Waals surface area contributed by atoms with Crippen LogP contribution in [0.25, 0.3) is 0 Å². The molecule has 1 heterocycles. The van der Waals surface area contributed by atoms with E-state index in [1.807, 2.05) is 0 Å². The van der Waals surface area contributed by atoms with Crippen LogP contribution >= 0.6 is 12.2 Å². The van der Waals surface area contributed by atoms with E-state index in [9.17, 15) is 0 Å². The van der Waals surface area contributed by atoms with Crippen LogP contribution in [0, 0.1) is 6.92 Å². The van der Waals surface area contributed by atoms with E-state index in [2.05, 4.69) is 17.2 Å². The molecule has 2 atom stereocenters. The lowest BCUT2D eigenvalue weighted by Gasteiger charge is -2.20. The summed E-state index contributed by atoms with van der Waals surface area (Å²) in [5, 5.41) is 2.74. The first-order valence-electron chi connectivity index (χ1n) is 2.62. The van der Waals surface area contributed by atoms with Crippen LogP contribution in [-0.4, -0.2) is 23.4 Å². The lowest BCUT2D eigenvalue weighted by molar-refractivity contribution is 0.718. The van der Waals surface area contributed by atoms with Gasteiger partial charge in [0.1, 0.15) is 0 Å². The van der Waals surface area contributed by atoms with Gasteiger partial charge in [0.25, 0.3) is 0 Å². The molecule has 0 bridgehead atoms. The number of nitrogens with one attached hydrogen (secondary N) is 1. The van der Waals surface area contributed by atoms with Crippen LogP contribution < -0.4 is 11.1 Å². The second kappa shape index (κ2) is 2.41. The standard InChI is InChI=1S/C5H8N3S/c1-3-4(6)5(9)8-2-7-3/h2-4H,1,6H2,(H,7,8,9). The van der Waals surface area contributed by atoms with Crippen molar-refractivity contribution in [2.45, 2.75) is 12.1 Å². The molecule has 0 fully saturated rings. The van der Waals surface area contributed by atoms with Crippen molar-refractivity contribution in [3.05, 3.63) is 6.92 Å². The highest BCUT2D eigenvalue weighted by atomic mass is 32.1. The molecule has 0 aromatic rings. The van der Waals surface area contributed by atoms with Crippen molar-refractivity contribution in [3.8, 4) is 0 Å². The molecule has 1 aliphatic heterocycles. The minimum absolute atomic E-state index is 0.126. The molecule has 1 rings (SSSR count).